The van der Waals surface area contributed by atoms with Crippen molar-refractivity contribution >= 4 is 59.1 Å². The number of allylic oxidation sites excluding steroid dienone is 2. The number of ether oxygens (including phenoxy) is 2. The molecule has 412 valence electrons. The molecule has 2 heterocycles. The highest BCUT2D eigenvalue weighted by Crippen LogP contribution is 2.51. The molecule has 3 aliphatic rings. The number of esters is 2. The molecule has 1 aliphatic carbocycles. The van der Waals surface area contributed by atoms with Crippen molar-refractivity contribution in [1.82, 2.24) is 16.0 Å². The quantitative estimate of drug-likeness (QED) is 0.0134. The van der Waals surface area contributed by atoms with Crippen LogP contribution in [0.3, 0.4) is 0 Å². The van der Waals surface area contributed by atoms with E-state index < -0.39 is 91.3 Å². The average Bonchev–Trinajstić information content (AvgIpc) is 3.85. The Morgan fingerprint density at radius 1 is 0.676 bits per heavy atom. The maximum absolute atomic E-state index is 13.2. The van der Waals surface area contributed by atoms with Gasteiger partial charge >= 0.3 is 41.4 Å². The lowest BCUT2D eigenvalue weighted by Gasteiger charge is -2.44. The van der Waals surface area contributed by atoms with Crippen LogP contribution in [0, 0.1) is 0 Å². The van der Waals surface area contributed by atoms with Crippen molar-refractivity contribution in [1.29, 1.82) is 0 Å². The Balaban J connectivity index is 1.46. The standard InChI is InChI=1S/C43H78N3O21P3S/c1-2-3-4-5-6-7-8-9-10-11-12-13-14-15-17-24-34(48)62-27-30(28-63-70(60,61)67-42-38(51)40(65-68(54,55)56)37(50)41(39(42)52)66-69(57,58)59)64-35(49)25-18-16-21-26-44-33(47)23-20-19-22-32-36-31(29-71-32)45-43(53)46-36/h9-10,30-32,36-42,50-52H,2-8,11-29H2,1H3,(H,44,47)(H,60,61)(H2,45,46,53)(H2,54,55,56)(H2,57,58,59)/b10-9-/t30-,31+,32+,36+,37?,38?,39?,40-,41?,42?/m1/s1. The van der Waals surface area contributed by atoms with E-state index in [2.05, 4.69) is 44.1 Å². The van der Waals surface area contributed by atoms with Gasteiger partial charge in [-0.3, -0.25) is 32.5 Å². The van der Waals surface area contributed by atoms with Gasteiger partial charge in [0.2, 0.25) is 5.91 Å². The average molecular weight is 1100 g/mol. The molecule has 24 nitrogen and oxygen atoms in total. The van der Waals surface area contributed by atoms with E-state index in [9.17, 15) is 72.7 Å². The number of urea groups is 1. The SMILES string of the molecule is CCCCCCCC/C=C\CCCCCCCC(=O)OC[C@H](COP(=O)(O)OC1C(O)C(OP(=O)(O)O)C(O)[C@@H](OP(=O)(O)O)C1O)OC(=O)CCCCCNC(=O)CCCC[C@@H]1SC[C@@H]2NC(=O)N[C@@H]21. The third kappa shape index (κ3) is 26.3. The van der Waals surface area contributed by atoms with Gasteiger partial charge in [0.05, 0.1) is 18.7 Å². The Morgan fingerprint density at radius 3 is 1.79 bits per heavy atom. The van der Waals surface area contributed by atoms with E-state index in [-0.39, 0.29) is 36.9 Å². The highest BCUT2D eigenvalue weighted by molar-refractivity contribution is 8.00. The molecule has 2 saturated heterocycles. The van der Waals surface area contributed by atoms with Crippen LogP contribution in [-0.4, -0.2) is 149 Å². The van der Waals surface area contributed by atoms with Crippen LogP contribution in [0.15, 0.2) is 12.2 Å². The summed E-state index contributed by atoms with van der Waals surface area (Å²) in [6.07, 6.45) is 5.54. The third-order valence-electron chi connectivity index (χ3n) is 12.0. The fraction of sp³-hybridized carbons (Fsp3) is 0.860. The summed E-state index contributed by atoms with van der Waals surface area (Å²) in [7, 11) is -16.7. The van der Waals surface area contributed by atoms with E-state index in [4.69, 9.17) is 18.5 Å². The molecule has 0 aromatic carbocycles. The number of thioether (sulfide) groups is 1. The molecule has 6 unspecified atom stereocenters. The molecule has 0 bridgehead atoms. The van der Waals surface area contributed by atoms with Crippen LogP contribution in [-0.2, 0) is 55.6 Å². The van der Waals surface area contributed by atoms with Gasteiger partial charge in [-0.05, 0) is 57.8 Å². The van der Waals surface area contributed by atoms with Crippen LogP contribution in [0.25, 0.3) is 0 Å². The zero-order chi connectivity index (χ0) is 52.5. The number of carbonyl (C=O) groups is 4. The van der Waals surface area contributed by atoms with Crippen LogP contribution >= 0.6 is 35.2 Å². The molecule has 0 aromatic rings. The van der Waals surface area contributed by atoms with Gasteiger partial charge in [0, 0.05) is 36.8 Å². The summed E-state index contributed by atoms with van der Waals surface area (Å²) in [5.74, 6) is -0.713. The number of phosphoric ester groups is 3. The Hall–Kier alpha value is -2.02. The van der Waals surface area contributed by atoms with E-state index >= 15 is 0 Å². The van der Waals surface area contributed by atoms with Crippen molar-refractivity contribution in [3.05, 3.63) is 12.2 Å². The van der Waals surface area contributed by atoms with Gasteiger partial charge in [-0.1, -0.05) is 83.3 Å². The Kier molecular flexibility index (Phi) is 29.5. The molecule has 28 heteroatoms. The van der Waals surface area contributed by atoms with Crippen LogP contribution < -0.4 is 16.0 Å². The molecule has 3 rings (SSSR count). The summed E-state index contributed by atoms with van der Waals surface area (Å²) in [4.78, 5) is 97.4. The van der Waals surface area contributed by atoms with Gasteiger partial charge in [0.15, 0.2) is 6.10 Å². The maximum Gasteiger partial charge on any atom is 0.472 e. The molecule has 3 amide bonds. The summed E-state index contributed by atoms with van der Waals surface area (Å²) in [6, 6.07) is 0.109. The highest BCUT2D eigenvalue weighted by atomic mass is 32.2. The van der Waals surface area contributed by atoms with Crippen molar-refractivity contribution in [3.63, 3.8) is 0 Å². The molecule has 1 saturated carbocycles. The van der Waals surface area contributed by atoms with Gasteiger partial charge in [0.1, 0.15) is 43.2 Å². The van der Waals surface area contributed by atoms with Gasteiger partial charge in [-0.25, -0.2) is 18.5 Å². The van der Waals surface area contributed by atoms with Crippen molar-refractivity contribution < 1.29 is 100 Å². The number of nitrogens with one attached hydrogen (secondary N) is 3. The molecule has 11 atom stereocenters. The predicted octanol–water partition coefficient (Wildman–Crippen LogP) is 4.44. The van der Waals surface area contributed by atoms with Gasteiger partial charge in [-0.15, -0.1) is 0 Å². The summed E-state index contributed by atoms with van der Waals surface area (Å²) in [6.45, 7) is 0.929. The van der Waals surface area contributed by atoms with Gasteiger partial charge in [-0.2, -0.15) is 11.8 Å². The molecule has 0 aromatic heterocycles. The lowest BCUT2D eigenvalue weighted by Crippen LogP contribution is -2.65. The van der Waals surface area contributed by atoms with E-state index in [1.54, 1.807) is 0 Å². The molecule has 0 radical (unpaired) electrons. The second-order valence-corrected chi connectivity index (χ2v) is 23.1. The number of aliphatic hydroxyl groups excluding tert-OH is 3. The van der Waals surface area contributed by atoms with Crippen LogP contribution in [0.2, 0.25) is 0 Å². The first kappa shape index (κ1) is 63.3. The number of aliphatic hydroxyl groups is 3. The Bertz CT molecular complexity index is 1760. The lowest BCUT2D eigenvalue weighted by atomic mass is 9.85. The van der Waals surface area contributed by atoms with Crippen LogP contribution in [0.4, 0.5) is 4.79 Å². The fourth-order valence-electron chi connectivity index (χ4n) is 8.34. The molecule has 71 heavy (non-hydrogen) atoms. The summed E-state index contributed by atoms with van der Waals surface area (Å²) in [5.41, 5.74) is 0. The monoisotopic (exact) mass is 1100 g/mol. The topological polar surface area (TPSA) is 373 Å². The number of carbonyl (C=O) groups excluding carboxylic acids is 4. The minimum absolute atomic E-state index is 0.0239. The lowest BCUT2D eigenvalue weighted by molar-refractivity contribution is -0.213. The van der Waals surface area contributed by atoms with E-state index in [0.717, 1.165) is 57.1 Å². The zero-order valence-corrected chi connectivity index (χ0v) is 43.9. The smallest absolute Gasteiger partial charge is 0.462 e. The van der Waals surface area contributed by atoms with Crippen LogP contribution in [0.1, 0.15) is 148 Å². The predicted molar refractivity (Wildman–Crippen MR) is 258 cm³/mol. The van der Waals surface area contributed by atoms with Crippen LogP contribution in [0.5, 0.6) is 0 Å². The van der Waals surface area contributed by atoms with Crippen molar-refractivity contribution in [2.45, 2.75) is 208 Å². The first-order valence-corrected chi connectivity index (χ1v) is 30.3. The second-order valence-electron chi connectivity index (χ2n) is 18.1. The van der Waals surface area contributed by atoms with Gasteiger partial charge < -0.3 is 65.2 Å². The highest BCUT2D eigenvalue weighted by Gasteiger charge is 2.56. The minimum atomic E-state index is -5.58. The summed E-state index contributed by atoms with van der Waals surface area (Å²) < 4.78 is 65.5. The minimum Gasteiger partial charge on any atom is -0.462 e. The van der Waals surface area contributed by atoms with E-state index in [0.29, 0.717) is 50.3 Å². The van der Waals surface area contributed by atoms with Gasteiger partial charge in [0.25, 0.3) is 0 Å². The molecular weight excluding hydrogens is 1020 g/mol. The first-order valence-electron chi connectivity index (χ1n) is 24.7. The Morgan fingerprint density at radius 2 is 1.20 bits per heavy atom. The first-order chi connectivity index (χ1) is 33.6. The molecule has 3 fully saturated rings. The molecule has 2 aliphatic heterocycles. The second kappa shape index (κ2) is 33.1. The number of phosphoric acid groups is 3. The van der Waals surface area contributed by atoms with E-state index in [1.165, 1.54) is 38.5 Å². The largest absolute Gasteiger partial charge is 0.472 e. The normalized spacial score (nSPS) is 25.8. The molecule has 0 spiro atoms. The zero-order valence-electron chi connectivity index (χ0n) is 40.4. The molecule has 11 N–H and O–H groups in total. The number of fused-ring (bicyclic) bond motifs is 1. The third-order valence-corrected chi connectivity index (χ3v) is 15.6. The number of hydrogen-bond acceptors (Lipinski definition) is 17. The molecular formula is C43H78N3O21P3S. The Labute approximate surface area is 419 Å². The van der Waals surface area contributed by atoms with E-state index in [1.807, 2.05) is 11.8 Å². The number of hydrogen-bond donors (Lipinski definition) is 11. The van der Waals surface area contributed by atoms with Crippen molar-refractivity contribution in [3.8, 4) is 0 Å². The maximum atomic E-state index is 13.2. The van der Waals surface area contributed by atoms with Crippen molar-refractivity contribution in [2.24, 2.45) is 0 Å². The number of unbranched alkanes of at least 4 members (excludes halogenated alkanes) is 14. The number of amides is 3. The summed E-state index contributed by atoms with van der Waals surface area (Å²) >= 11 is 1.81. The fourth-order valence-corrected chi connectivity index (χ4v) is 12.0. The number of rotatable bonds is 38. The van der Waals surface area contributed by atoms with Crippen molar-refractivity contribution in [2.75, 3.05) is 25.5 Å². The summed E-state index contributed by atoms with van der Waals surface area (Å²) in [5, 5.41) is 40.9.